The van der Waals surface area contributed by atoms with Gasteiger partial charge >= 0.3 is 0 Å². The fraction of sp³-hybridized carbons (Fsp3) is 0.550. The minimum atomic E-state index is -2.92. The smallest absolute Gasteiger partial charge is 0.152 e. The number of aromatic nitrogens is 2. The quantitative estimate of drug-likeness (QED) is 0.726. The van der Waals surface area contributed by atoms with Crippen LogP contribution in [0.4, 0.5) is 0 Å². The molecular formula is C20H29N3O3S. The average Bonchev–Trinajstić information content (AvgIpc) is 3.08. The highest BCUT2D eigenvalue weighted by molar-refractivity contribution is 7.91. The molecule has 1 saturated heterocycles. The van der Waals surface area contributed by atoms with Crippen molar-refractivity contribution < 1.29 is 13.2 Å². The molecule has 0 unspecified atom stereocenters. The van der Waals surface area contributed by atoms with Crippen molar-refractivity contribution in [2.24, 2.45) is 0 Å². The summed E-state index contributed by atoms with van der Waals surface area (Å²) in [6, 6.07) is 8.03. The summed E-state index contributed by atoms with van der Waals surface area (Å²) in [5.41, 5.74) is 4.41. The van der Waals surface area contributed by atoms with Crippen LogP contribution in [0.3, 0.4) is 0 Å². The van der Waals surface area contributed by atoms with Crippen LogP contribution in [0.1, 0.15) is 35.0 Å². The Morgan fingerprint density at radius 2 is 2.07 bits per heavy atom. The molecule has 6 nitrogen and oxygen atoms in total. The van der Waals surface area contributed by atoms with Crippen molar-refractivity contribution >= 4 is 9.84 Å². The summed E-state index contributed by atoms with van der Waals surface area (Å²) in [5.74, 6) is 1.36. The van der Waals surface area contributed by atoms with E-state index >= 15 is 0 Å². The van der Waals surface area contributed by atoms with Crippen molar-refractivity contribution in [2.45, 2.75) is 39.8 Å². The molecular weight excluding hydrogens is 362 g/mol. The number of rotatable bonds is 7. The first-order valence-electron chi connectivity index (χ1n) is 9.38. The van der Waals surface area contributed by atoms with Gasteiger partial charge in [-0.3, -0.25) is 9.58 Å². The standard InChI is InChI=1S/C20H29N3O3S/c1-15-6-5-7-19(12-15)26-10-9-22(4)13-20-16(2)21-23(17(20)3)18-8-11-27(24,25)14-18/h5-7,12,18H,8-11,13-14H2,1-4H3/t18-/m0/s1. The first-order chi connectivity index (χ1) is 12.7. The number of hydrogen-bond donors (Lipinski definition) is 0. The van der Waals surface area contributed by atoms with Crippen LogP contribution in [-0.4, -0.2) is 54.8 Å². The number of nitrogens with zero attached hydrogens (tertiary/aromatic N) is 3. The Labute approximate surface area is 162 Å². The summed E-state index contributed by atoms with van der Waals surface area (Å²) in [6.07, 6.45) is 0.657. The fourth-order valence-electron chi connectivity index (χ4n) is 3.62. The molecule has 0 spiro atoms. The zero-order valence-electron chi connectivity index (χ0n) is 16.6. The van der Waals surface area contributed by atoms with Crippen LogP contribution in [0.2, 0.25) is 0 Å². The Kier molecular flexibility index (Phi) is 5.91. The molecule has 27 heavy (non-hydrogen) atoms. The molecule has 7 heteroatoms. The SMILES string of the molecule is Cc1cccc(OCCN(C)Cc2c(C)nn([C@H]3CCS(=O)(=O)C3)c2C)c1. The molecule has 3 rings (SSSR count). The van der Waals surface area contributed by atoms with E-state index in [1.807, 2.05) is 36.7 Å². The second-order valence-corrected chi connectivity index (χ2v) is 9.78. The lowest BCUT2D eigenvalue weighted by Crippen LogP contribution is -2.24. The van der Waals surface area contributed by atoms with E-state index < -0.39 is 9.84 Å². The van der Waals surface area contributed by atoms with Gasteiger partial charge in [0.25, 0.3) is 0 Å². The predicted molar refractivity (Wildman–Crippen MR) is 107 cm³/mol. The van der Waals surface area contributed by atoms with Crippen LogP contribution >= 0.6 is 0 Å². The van der Waals surface area contributed by atoms with Crippen LogP contribution in [0.25, 0.3) is 0 Å². The molecule has 1 aliphatic rings. The highest BCUT2D eigenvalue weighted by Crippen LogP contribution is 2.27. The normalized spacial score (nSPS) is 18.9. The zero-order valence-corrected chi connectivity index (χ0v) is 17.4. The van der Waals surface area contributed by atoms with E-state index in [0.29, 0.717) is 13.0 Å². The van der Waals surface area contributed by atoms with E-state index in [-0.39, 0.29) is 17.5 Å². The van der Waals surface area contributed by atoms with Gasteiger partial charge in [-0.15, -0.1) is 0 Å². The maximum atomic E-state index is 11.8. The zero-order chi connectivity index (χ0) is 19.6. The summed E-state index contributed by atoms with van der Waals surface area (Å²) in [6.45, 7) is 8.28. The van der Waals surface area contributed by atoms with Crippen molar-refractivity contribution in [3.63, 3.8) is 0 Å². The first kappa shape index (κ1) is 19.9. The lowest BCUT2D eigenvalue weighted by atomic mass is 10.1. The van der Waals surface area contributed by atoms with Gasteiger partial charge in [-0.2, -0.15) is 5.10 Å². The van der Waals surface area contributed by atoms with E-state index in [2.05, 4.69) is 30.0 Å². The summed E-state index contributed by atoms with van der Waals surface area (Å²) >= 11 is 0. The highest BCUT2D eigenvalue weighted by atomic mass is 32.2. The van der Waals surface area contributed by atoms with Gasteiger partial charge in [0.1, 0.15) is 12.4 Å². The molecule has 1 aliphatic heterocycles. The molecule has 1 atom stereocenters. The summed E-state index contributed by atoms with van der Waals surface area (Å²) < 4.78 is 31.3. The van der Waals surface area contributed by atoms with Crippen molar-refractivity contribution in [3.8, 4) is 5.75 Å². The Balaban J connectivity index is 1.58. The third-order valence-corrected chi connectivity index (χ3v) is 6.94. The molecule has 2 heterocycles. The van der Waals surface area contributed by atoms with Gasteiger partial charge in [0.05, 0.1) is 23.2 Å². The Bertz CT molecular complexity index is 905. The Morgan fingerprint density at radius 3 is 2.74 bits per heavy atom. The number of benzene rings is 1. The van der Waals surface area contributed by atoms with Gasteiger partial charge in [0, 0.05) is 24.3 Å². The van der Waals surface area contributed by atoms with Crippen molar-refractivity contribution in [2.75, 3.05) is 31.7 Å². The third-order valence-electron chi connectivity index (χ3n) is 5.19. The van der Waals surface area contributed by atoms with Gasteiger partial charge < -0.3 is 4.74 Å². The average molecular weight is 392 g/mol. The fourth-order valence-corrected chi connectivity index (χ4v) is 5.32. The molecule has 1 aromatic carbocycles. The van der Waals surface area contributed by atoms with E-state index in [0.717, 1.165) is 30.2 Å². The molecule has 0 saturated carbocycles. The van der Waals surface area contributed by atoms with Crippen molar-refractivity contribution in [3.05, 3.63) is 46.8 Å². The van der Waals surface area contributed by atoms with E-state index in [4.69, 9.17) is 4.74 Å². The molecule has 0 radical (unpaired) electrons. The predicted octanol–water partition coefficient (Wildman–Crippen LogP) is 2.68. The van der Waals surface area contributed by atoms with E-state index in [1.165, 1.54) is 11.1 Å². The largest absolute Gasteiger partial charge is 0.492 e. The van der Waals surface area contributed by atoms with Crippen molar-refractivity contribution in [1.29, 1.82) is 0 Å². The Morgan fingerprint density at radius 1 is 1.30 bits per heavy atom. The minimum Gasteiger partial charge on any atom is -0.492 e. The number of hydrogen-bond acceptors (Lipinski definition) is 5. The third kappa shape index (κ3) is 4.90. The van der Waals surface area contributed by atoms with Crippen LogP contribution in [0, 0.1) is 20.8 Å². The summed E-state index contributed by atoms with van der Waals surface area (Å²) in [4.78, 5) is 2.21. The topological polar surface area (TPSA) is 64.4 Å². The second-order valence-electron chi connectivity index (χ2n) is 7.55. The number of sulfone groups is 1. The van der Waals surface area contributed by atoms with E-state index in [9.17, 15) is 8.42 Å². The Hall–Kier alpha value is -1.86. The molecule has 148 valence electrons. The molecule has 0 aliphatic carbocycles. The van der Waals surface area contributed by atoms with Gasteiger partial charge in [0.15, 0.2) is 9.84 Å². The number of aryl methyl sites for hydroxylation is 2. The molecule has 0 amide bonds. The molecule has 1 fully saturated rings. The minimum absolute atomic E-state index is 0.0302. The molecule has 2 aromatic rings. The van der Waals surface area contributed by atoms with Crippen LogP contribution in [-0.2, 0) is 16.4 Å². The van der Waals surface area contributed by atoms with Gasteiger partial charge in [-0.1, -0.05) is 12.1 Å². The van der Waals surface area contributed by atoms with Gasteiger partial charge in [0.2, 0.25) is 0 Å². The van der Waals surface area contributed by atoms with Crippen LogP contribution < -0.4 is 4.74 Å². The lowest BCUT2D eigenvalue weighted by molar-refractivity contribution is 0.232. The molecule has 0 bridgehead atoms. The van der Waals surface area contributed by atoms with Gasteiger partial charge in [-0.25, -0.2) is 8.42 Å². The second kappa shape index (κ2) is 8.02. The first-order valence-corrected chi connectivity index (χ1v) is 11.2. The number of likely N-dealkylation sites (N-methyl/N-ethyl adjacent to an activating group) is 1. The van der Waals surface area contributed by atoms with Crippen LogP contribution in [0.15, 0.2) is 24.3 Å². The summed E-state index contributed by atoms with van der Waals surface area (Å²) in [7, 11) is -0.851. The van der Waals surface area contributed by atoms with E-state index in [1.54, 1.807) is 0 Å². The maximum absolute atomic E-state index is 11.8. The maximum Gasteiger partial charge on any atom is 0.152 e. The lowest BCUT2D eigenvalue weighted by Gasteiger charge is -2.18. The molecule has 1 aromatic heterocycles. The van der Waals surface area contributed by atoms with Crippen LogP contribution in [0.5, 0.6) is 5.75 Å². The monoisotopic (exact) mass is 391 g/mol. The summed E-state index contributed by atoms with van der Waals surface area (Å²) in [5, 5.41) is 4.64. The molecule has 0 N–H and O–H groups in total. The number of ether oxygens (including phenoxy) is 1. The van der Waals surface area contributed by atoms with Gasteiger partial charge in [-0.05, 0) is 51.9 Å². The van der Waals surface area contributed by atoms with Crippen molar-refractivity contribution in [1.82, 2.24) is 14.7 Å². The highest BCUT2D eigenvalue weighted by Gasteiger charge is 2.31.